The Hall–Kier alpha value is -3.53. The van der Waals surface area contributed by atoms with Crippen LogP contribution in [-0.2, 0) is 0 Å². The molecule has 0 spiro atoms. The Bertz CT molecular complexity index is 1190. The number of nitrogens with zero attached hydrogens (tertiary/aromatic N) is 4. The highest BCUT2D eigenvalue weighted by Crippen LogP contribution is 2.28. The van der Waals surface area contributed by atoms with Crippen LogP contribution in [0.4, 0.5) is 18.3 Å². The van der Waals surface area contributed by atoms with Gasteiger partial charge in [0.2, 0.25) is 5.13 Å². The van der Waals surface area contributed by atoms with Crippen LogP contribution in [0, 0.1) is 12.7 Å². The van der Waals surface area contributed by atoms with E-state index in [2.05, 4.69) is 20.6 Å². The van der Waals surface area contributed by atoms with Gasteiger partial charge < -0.3 is 0 Å². The molecule has 10 heteroatoms. The van der Waals surface area contributed by atoms with Crippen LogP contribution in [-0.4, -0.2) is 25.9 Å². The van der Waals surface area contributed by atoms with Crippen molar-refractivity contribution in [3.63, 3.8) is 0 Å². The predicted octanol–water partition coefficient (Wildman–Crippen LogP) is 5.03. The minimum Gasteiger partial charge on any atom is -0.296 e. The summed E-state index contributed by atoms with van der Waals surface area (Å²) >= 11 is 0.599. The van der Waals surface area contributed by atoms with Crippen LogP contribution in [0.1, 0.15) is 27.4 Å². The summed E-state index contributed by atoms with van der Waals surface area (Å²) in [5.41, 5.74) is 2.88. The van der Waals surface area contributed by atoms with Crippen molar-refractivity contribution >= 4 is 22.4 Å². The highest BCUT2D eigenvalue weighted by Gasteiger charge is 2.21. The van der Waals surface area contributed by atoms with Gasteiger partial charge >= 0.3 is 0 Å². The smallest absolute Gasteiger partial charge is 0.291 e. The third kappa shape index (κ3) is 4.08. The SMILES string of the molecule is Cc1ccc(-c2nn(-c3ccc(F)cc3)cc2C(=O)Nc2nnc(C(F)F)s2)cc1. The Kier molecular flexibility index (Phi) is 5.32. The first-order valence-corrected chi connectivity index (χ1v) is 9.58. The van der Waals surface area contributed by atoms with Crippen LogP contribution in [0.3, 0.4) is 0 Å². The number of aryl methyl sites for hydroxylation is 1. The number of halogens is 3. The van der Waals surface area contributed by atoms with Gasteiger partial charge in [0, 0.05) is 11.8 Å². The molecule has 0 unspecified atom stereocenters. The monoisotopic (exact) mass is 429 g/mol. The second kappa shape index (κ2) is 8.07. The van der Waals surface area contributed by atoms with Crippen LogP contribution < -0.4 is 5.32 Å². The topological polar surface area (TPSA) is 72.7 Å². The zero-order valence-electron chi connectivity index (χ0n) is 15.5. The van der Waals surface area contributed by atoms with E-state index in [0.29, 0.717) is 28.3 Å². The number of alkyl halides is 2. The summed E-state index contributed by atoms with van der Waals surface area (Å²) in [6.45, 7) is 1.94. The number of benzene rings is 2. The summed E-state index contributed by atoms with van der Waals surface area (Å²) in [5.74, 6) is -0.968. The van der Waals surface area contributed by atoms with Crippen molar-refractivity contribution in [1.82, 2.24) is 20.0 Å². The lowest BCUT2D eigenvalue weighted by molar-refractivity contribution is 0.102. The average Bonchev–Trinajstić information content (AvgIpc) is 3.37. The summed E-state index contributed by atoms with van der Waals surface area (Å²) < 4.78 is 40.2. The number of aromatic nitrogens is 4. The molecule has 30 heavy (non-hydrogen) atoms. The van der Waals surface area contributed by atoms with Crippen molar-refractivity contribution in [2.75, 3.05) is 5.32 Å². The summed E-state index contributed by atoms with van der Waals surface area (Å²) in [6, 6.07) is 13.0. The van der Waals surface area contributed by atoms with Crippen LogP contribution in [0.5, 0.6) is 0 Å². The molecule has 0 aliphatic heterocycles. The molecule has 0 aliphatic rings. The van der Waals surface area contributed by atoms with E-state index < -0.39 is 23.2 Å². The summed E-state index contributed by atoms with van der Waals surface area (Å²) in [7, 11) is 0. The highest BCUT2D eigenvalue weighted by atomic mass is 32.1. The maximum Gasteiger partial charge on any atom is 0.291 e. The van der Waals surface area contributed by atoms with Crippen LogP contribution >= 0.6 is 11.3 Å². The second-order valence-electron chi connectivity index (χ2n) is 6.38. The van der Waals surface area contributed by atoms with E-state index in [1.54, 1.807) is 0 Å². The fraction of sp³-hybridized carbons (Fsp3) is 0.100. The fourth-order valence-corrected chi connectivity index (χ4v) is 3.32. The molecule has 4 aromatic rings. The Morgan fingerprint density at radius 1 is 1.07 bits per heavy atom. The minimum atomic E-state index is -2.77. The van der Waals surface area contributed by atoms with Crippen molar-refractivity contribution in [2.45, 2.75) is 13.3 Å². The highest BCUT2D eigenvalue weighted by molar-refractivity contribution is 7.15. The molecule has 1 amide bonds. The molecule has 0 aliphatic carbocycles. The molecule has 0 radical (unpaired) electrons. The maximum atomic E-state index is 13.3. The molecule has 1 N–H and O–H groups in total. The summed E-state index contributed by atoms with van der Waals surface area (Å²) in [6.07, 6.45) is -1.27. The van der Waals surface area contributed by atoms with E-state index in [-0.39, 0.29) is 10.7 Å². The van der Waals surface area contributed by atoms with Gasteiger partial charge in [0.1, 0.15) is 11.5 Å². The second-order valence-corrected chi connectivity index (χ2v) is 7.39. The van der Waals surface area contributed by atoms with Gasteiger partial charge in [0.15, 0.2) is 5.01 Å². The van der Waals surface area contributed by atoms with Crippen LogP contribution in [0.15, 0.2) is 54.7 Å². The Balaban J connectivity index is 1.72. The number of amides is 1. The number of hydrogen-bond donors (Lipinski definition) is 1. The van der Waals surface area contributed by atoms with Gasteiger partial charge in [0.05, 0.1) is 11.3 Å². The third-order valence-corrected chi connectivity index (χ3v) is 5.07. The molecule has 0 fully saturated rings. The van der Waals surface area contributed by atoms with Gasteiger partial charge in [-0.2, -0.15) is 5.10 Å². The van der Waals surface area contributed by atoms with E-state index in [1.807, 2.05) is 31.2 Å². The molecule has 152 valence electrons. The van der Waals surface area contributed by atoms with E-state index in [1.165, 1.54) is 35.1 Å². The molecule has 2 aromatic heterocycles. The first kappa shape index (κ1) is 19.8. The van der Waals surface area contributed by atoms with Gasteiger partial charge in [0.25, 0.3) is 12.3 Å². The molecule has 0 bridgehead atoms. The van der Waals surface area contributed by atoms with Crippen LogP contribution in [0.25, 0.3) is 16.9 Å². The fourth-order valence-electron chi connectivity index (χ4n) is 2.73. The first-order valence-electron chi connectivity index (χ1n) is 8.76. The lowest BCUT2D eigenvalue weighted by atomic mass is 10.1. The molecule has 0 saturated heterocycles. The largest absolute Gasteiger partial charge is 0.296 e. The van der Waals surface area contributed by atoms with Gasteiger partial charge in [-0.25, -0.2) is 17.9 Å². The van der Waals surface area contributed by atoms with Gasteiger partial charge in [-0.05, 0) is 31.2 Å². The van der Waals surface area contributed by atoms with Gasteiger partial charge in [-0.1, -0.05) is 41.2 Å². The third-order valence-electron chi connectivity index (χ3n) is 4.22. The number of rotatable bonds is 5. The van der Waals surface area contributed by atoms with Gasteiger partial charge in [-0.15, -0.1) is 10.2 Å². The summed E-state index contributed by atoms with van der Waals surface area (Å²) in [5, 5.41) is 13.4. The molecule has 2 heterocycles. The zero-order valence-corrected chi connectivity index (χ0v) is 16.3. The normalized spacial score (nSPS) is 11.1. The Labute approximate surface area is 173 Å². The maximum absolute atomic E-state index is 13.3. The Morgan fingerprint density at radius 3 is 2.40 bits per heavy atom. The molecule has 2 aromatic carbocycles. The van der Waals surface area contributed by atoms with E-state index in [0.717, 1.165) is 5.56 Å². The molecular weight excluding hydrogens is 415 g/mol. The van der Waals surface area contributed by atoms with Crippen molar-refractivity contribution in [3.05, 3.63) is 76.7 Å². The van der Waals surface area contributed by atoms with Crippen molar-refractivity contribution in [3.8, 4) is 16.9 Å². The number of carbonyl (C=O) groups excluding carboxylic acids is 1. The van der Waals surface area contributed by atoms with E-state index in [4.69, 9.17) is 0 Å². The number of nitrogens with one attached hydrogen (secondary N) is 1. The molecule has 0 saturated carbocycles. The van der Waals surface area contributed by atoms with E-state index in [9.17, 15) is 18.0 Å². The van der Waals surface area contributed by atoms with Crippen molar-refractivity contribution in [1.29, 1.82) is 0 Å². The standard InChI is InChI=1S/C20H14F3N5OS/c1-11-2-4-12(5-3-11)16-15(10-28(27-16)14-8-6-13(21)7-9-14)18(29)24-20-26-25-19(30-20)17(22)23/h2-10,17H,1H3,(H,24,26,29). The lowest BCUT2D eigenvalue weighted by Gasteiger charge is -2.03. The average molecular weight is 429 g/mol. The predicted molar refractivity (Wildman–Crippen MR) is 107 cm³/mol. The molecule has 6 nitrogen and oxygen atoms in total. The molecule has 0 atom stereocenters. The zero-order chi connectivity index (χ0) is 21.3. The first-order chi connectivity index (χ1) is 14.4. The van der Waals surface area contributed by atoms with Gasteiger partial charge in [-0.3, -0.25) is 10.1 Å². The molecule has 4 rings (SSSR count). The summed E-state index contributed by atoms with van der Waals surface area (Å²) in [4.78, 5) is 12.9. The quantitative estimate of drug-likeness (QED) is 0.483. The van der Waals surface area contributed by atoms with E-state index >= 15 is 0 Å². The number of carbonyl (C=O) groups is 1. The van der Waals surface area contributed by atoms with Crippen molar-refractivity contribution in [2.24, 2.45) is 0 Å². The minimum absolute atomic E-state index is 0.0420. The Morgan fingerprint density at radius 2 is 1.77 bits per heavy atom. The van der Waals surface area contributed by atoms with Crippen LogP contribution in [0.2, 0.25) is 0 Å². The lowest BCUT2D eigenvalue weighted by Crippen LogP contribution is -2.12. The number of hydrogen-bond acceptors (Lipinski definition) is 5. The van der Waals surface area contributed by atoms with Crippen molar-refractivity contribution < 1.29 is 18.0 Å². The number of anilines is 1. The molecular formula is C20H14F3N5OS.